The van der Waals surface area contributed by atoms with Gasteiger partial charge in [-0.2, -0.15) is 4.31 Å². The molecule has 1 aliphatic rings. The Morgan fingerprint density at radius 2 is 1.57 bits per heavy atom. The molecule has 1 aliphatic heterocycles. The van der Waals surface area contributed by atoms with E-state index in [-0.39, 0.29) is 10.8 Å². The van der Waals surface area contributed by atoms with Gasteiger partial charge < -0.3 is 14.8 Å². The number of ether oxygens (including phenoxy) is 2. The Bertz CT molecular complexity index is 1040. The van der Waals surface area contributed by atoms with E-state index in [1.54, 1.807) is 38.3 Å². The van der Waals surface area contributed by atoms with Gasteiger partial charge in [-0.05, 0) is 56.0 Å². The van der Waals surface area contributed by atoms with Crippen LogP contribution >= 0.6 is 0 Å². The maximum absolute atomic E-state index is 13.0. The van der Waals surface area contributed by atoms with E-state index in [0.717, 1.165) is 24.8 Å². The van der Waals surface area contributed by atoms with Crippen molar-refractivity contribution in [3.8, 4) is 11.5 Å². The summed E-state index contributed by atoms with van der Waals surface area (Å²) in [5, 5.41) is 2.87. The lowest BCUT2D eigenvalue weighted by Crippen LogP contribution is -2.35. The standard InChI is InChI=1S/C22H28N2O5S/c1-15-8-9-17(30(26,27)24-10-6-5-7-11-24)13-18(15)22(25)23-19-14-21(29-4)20(28-3)12-16(19)2/h8-9,12-14H,5-7,10-11H2,1-4H3,(H,23,25). The molecule has 0 spiro atoms. The van der Waals surface area contributed by atoms with Gasteiger partial charge in [-0.25, -0.2) is 8.42 Å². The maximum atomic E-state index is 13.0. The lowest BCUT2D eigenvalue weighted by molar-refractivity contribution is 0.102. The highest BCUT2D eigenvalue weighted by molar-refractivity contribution is 7.89. The highest BCUT2D eigenvalue weighted by Gasteiger charge is 2.27. The van der Waals surface area contributed by atoms with Crippen molar-refractivity contribution < 1.29 is 22.7 Å². The summed E-state index contributed by atoms with van der Waals surface area (Å²) in [4.78, 5) is 13.1. The molecule has 2 aromatic carbocycles. The molecule has 1 heterocycles. The van der Waals surface area contributed by atoms with Crippen LogP contribution in [0.5, 0.6) is 11.5 Å². The topological polar surface area (TPSA) is 84.9 Å². The Hall–Kier alpha value is -2.58. The van der Waals surface area contributed by atoms with Crippen LogP contribution in [0.25, 0.3) is 0 Å². The SMILES string of the molecule is COc1cc(C)c(NC(=O)c2cc(S(=O)(=O)N3CCCCC3)ccc2C)cc1OC. The second-order valence-electron chi connectivity index (χ2n) is 7.42. The normalized spacial score (nSPS) is 14.9. The number of methoxy groups -OCH3 is 2. The molecule has 162 valence electrons. The predicted octanol–water partition coefficient (Wildman–Crippen LogP) is 3.75. The van der Waals surface area contributed by atoms with Crippen molar-refractivity contribution in [3.63, 3.8) is 0 Å². The molecule has 0 aliphatic carbocycles. The average molecular weight is 433 g/mol. The zero-order valence-corrected chi connectivity index (χ0v) is 18.6. The Morgan fingerprint density at radius 3 is 2.20 bits per heavy atom. The summed E-state index contributed by atoms with van der Waals surface area (Å²) in [6.45, 7) is 4.67. The summed E-state index contributed by atoms with van der Waals surface area (Å²) in [6.07, 6.45) is 2.76. The molecule has 8 heteroatoms. The molecular formula is C22H28N2O5S. The first-order valence-electron chi connectivity index (χ1n) is 9.92. The maximum Gasteiger partial charge on any atom is 0.255 e. The van der Waals surface area contributed by atoms with Crippen LogP contribution in [-0.2, 0) is 10.0 Å². The van der Waals surface area contributed by atoms with Gasteiger partial charge in [0, 0.05) is 30.4 Å². The third-order valence-electron chi connectivity index (χ3n) is 5.39. The van der Waals surface area contributed by atoms with Gasteiger partial charge in [-0.1, -0.05) is 12.5 Å². The van der Waals surface area contributed by atoms with Crippen LogP contribution in [0.2, 0.25) is 0 Å². The number of anilines is 1. The fourth-order valence-electron chi connectivity index (χ4n) is 3.57. The molecule has 0 bridgehead atoms. The number of hydrogen-bond donors (Lipinski definition) is 1. The second kappa shape index (κ2) is 9.06. The fourth-order valence-corrected chi connectivity index (χ4v) is 5.11. The van der Waals surface area contributed by atoms with E-state index in [1.807, 2.05) is 6.92 Å². The van der Waals surface area contributed by atoms with E-state index >= 15 is 0 Å². The third-order valence-corrected chi connectivity index (χ3v) is 7.28. The zero-order chi connectivity index (χ0) is 21.9. The van der Waals surface area contributed by atoms with E-state index < -0.39 is 10.0 Å². The van der Waals surface area contributed by atoms with Crippen molar-refractivity contribution in [2.45, 2.75) is 38.0 Å². The van der Waals surface area contributed by atoms with Gasteiger partial charge in [0.1, 0.15) is 0 Å². The lowest BCUT2D eigenvalue weighted by atomic mass is 10.1. The number of aryl methyl sites for hydroxylation is 2. The Kier molecular flexibility index (Phi) is 6.67. The van der Waals surface area contributed by atoms with Crippen LogP contribution in [0.3, 0.4) is 0 Å². The van der Waals surface area contributed by atoms with Gasteiger partial charge in [0.05, 0.1) is 19.1 Å². The molecule has 0 atom stereocenters. The van der Waals surface area contributed by atoms with Crippen LogP contribution in [0.4, 0.5) is 5.69 Å². The molecule has 0 radical (unpaired) electrons. The van der Waals surface area contributed by atoms with Crippen molar-refractivity contribution in [2.24, 2.45) is 0 Å². The van der Waals surface area contributed by atoms with Crippen molar-refractivity contribution in [1.82, 2.24) is 4.31 Å². The minimum Gasteiger partial charge on any atom is -0.493 e. The first-order valence-corrected chi connectivity index (χ1v) is 11.4. The molecular weight excluding hydrogens is 404 g/mol. The third kappa shape index (κ3) is 4.44. The molecule has 7 nitrogen and oxygen atoms in total. The number of carbonyl (C=O) groups is 1. The number of nitrogens with one attached hydrogen (secondary N) is 1. The van der Waals surface area contributed by atoms with Crippen molar-refractivity contribution in [3.05, 3.63) is 47.0 Å². The van der Waals surface area contributed by atoms with E-state index in [0.29, 0.717) is 41.4 Å². The summed E-state index contributed by atoms with van der Waals surface area (Å²) < 4.78 is 38.1. The van der Waals surface area contributed by atoms with E-state index in [1.165, 1.54) is 17.5 Å². The summed E-state index contributed by atoms with van der Waals surface area (Å²) in [5.41, 5.74) is 2.39. The molecule has 1 fully saturated rings. The van der Waals surface area contributed by atoms with E-state index in [4.69, 9.17) is 9.47 Å². The van der Waals surface area contributed by atoms with Gasteiger partial charge in [-0.3, -0.25) is 4.79 Å². The molecule has 1 N–H and O–H groups in total. The first kappa shape index (κ1) is 22.1. The molecule has 1 amide bonds. The van der Waals surface area contributed by atoms with Crippen molar-refractivity contribution in [2.75, 3.05) is 32.6 Å². The van der Waals surface area contributed by atoms with E-state index in [2.05, 4.69) is 5.32 Å². The summed E-state index contributed by atoms with van der Waals surface area (Å²) in [6, 6.07) is 8.17. The van der Waals surface area contributed by atoms with Crippen LogP contribution in [-0.4, -0.2) is 45.9 Å². The van der Waals surface area contributed by atoms with Crippen molar-refractivity contribution >= 4 is 21.6 Å². The highest BCUT2D eigenvalue weighted by atomic mass is 32.2. The molecule has 1 saturated heterocycles. The van der Waals surface area contributed by atoms with Crippen LogP contribution in [0, 0.1) is 13.8 Å². The number of carbonyl (C=O) groups excluding carboxylic acids is 1. The lowest BCUT2D eigenvalue weighted by Gasteiger charge is -2.26. The van der Waals surface area contributed by atoms with Crippen LogP contribution in [0.15, 0.2) is 35.2 Å². The van der Waals surface area contributed by atoms with Gasteiger partial charge in [-0.15, -0.1) is 0 Å². The van der Waals surface area contributed by atoms with Gasteiger partial charge in [0.15, 0.2) is 11.5 Å². The molecule has 3 rings (SSSR count). The number of benzene rings is 2. The summed E-state index contributed by atoms with van der Waals surface area (Å²) in [7, 11) is -0.544. The molecule has 30 heavy (non-hydrogen) atoms. The highest BCUT2D eigenvalue weighted by Crippen LogP contribution is 2.33. The number of amides is 1. The minimum atomic E-state index is -3.62. The average Bonchev–Trinajstić information content (AvgIpc) is 2.75. The number of hydrogen-bond acceptors (Lipinski definition) is 5. The molecule has 2 aromatic rings. The fraction of sp³-hybridized carbons (Fsp3) is 0.409. The first-order chi connectivity index (χ1) is 14.3. The quantitative estimate of drug-likeness (QED) is 0.752. The number of sulfonamides is 1. The van der Waals surface area contributed by atoms with Gasteiger partial charge in [0.25, 0.3) is 5.91 Å². The summed E-state index contributed by atoms with van der Waals surface area (Å²) in [5.74, 6) is 0.689. The largest absolute Gasteiger partial charge is 0.493 e. The zero-order valence-electron chi connectivity index (χ0n) is 17.8. The van der Waals surface area contributed by atoms with E-state index in [9.17, 15) is 13.2 Å². The number of nitrogens with zero attached hydrogens (tertiary/aromatic N) is 1. The van der Waals surface area contributed by atoms with Crippen LogP contribution in [0.1, 0.15) is 40.7 Å². The molecule has 0 unspecified atom stereocenters. The second-order valence-corrected chi connectivity index (χ2v) is 9.36. The predicted molar refractivity (Wildman–Crippen MR) is 116 cm³/mol. The Balaban J connectivity index is 1.91. The summed E-state index contributed by atoms with van der Waals surface area (Å²) >= 11 is 0. The Morgan fingerprint density at radius 1 is 0.933 bits per heavy atom. The smallest absolute Gasteiger partial charge is 0.255 e. The Labute approximate surface area is 178 Å². The number of piperidine rings is 1. The van der Waals surface area contributed by atoms with Crippen molar-refractivity contribution in [1.29, 1.82) is 0 Å². The van der Waals surface area contributed by atoms with Crippen LogP contribution < -0.4 is 14.8 Å². The molecule has 0 saturated carbocycles. The number of rotatable bonds is 6. The van der Waals surface area contributed by atoms with Gasteiger partial charge >= 0.3 is 0 Å². The minimum absolute atomic E-state index is 0.143. The monoisotopic (exact) mass is 432 g/mol. The van der Waals surface area contributed by atoms with Gasteiger partial charge in [0.2, 0.25) is 10.0 Å². The molecule has 0 aromatic heterocycles.